The summed E-state index contributed by atoms with van der Waals surface area (Å²) in [5.41, 5.74) is 13.9. The zero-order valence-electron chi connectivity index (χ0n) is 18.0. The number of ether oxygens (including phenoxy) is 1. The molecule has 33 heavy (non-hydrogen) atoms. The number of aromatic nitrogens is 5. The molecule has 2 atom stereocenters. The van der Waals surface area contributed by atoms with E-state index in [1.54, 1.807) is 7.05 Å². The van der Waals surface area contributed by atoms with Gasteiger partial charge in [0.15, 0.2) is 5.75 Å². The molecule has 11 heteroatoms. The Kier molecular flexibility index (Phi) is 4.47. The van der Waals surface area contributed by atoms with Crippen LogP contribution in [0, 0.1) is 5.82 Å². The standard InChI is InChI=1S/C22H24FN9O/c1-26-16-5-10(23)4-15-17-19(29-18(15)16)30-22(33-14-8-27-21(25)28-9-14)31-20(17)32-12-2-3-13(32)7-11(24)6-12/h4-5,8-9,11-13,26H,2-3,6-7,24H2,1H3,(H2,25,27,28)(H,29,30,31). The first kappa shape index (κ1) is 19.9. The fourth-order valence-electron chi connectivity index (χ4n) is 5.30. The number of benzene rings is 1. The van der Waals surface area contributed by atoms with Crippen LogP contribution >= 0.6 is 0 Å². The van der Waals surface area contributed by atoms with E-state index in [9.17, 15) is 4.39 Å². The number of nitrogens with one attached hydrogen (secondary N) is 2. The summed E-state index contributed by atoms with van der Waals surface area (Å²) in [7, 11) is 1.76. The van der Waals surface area contributed by atoms with E-state index < -0.39 is 0 Å². The second-order valence-electron chi connectivity index (χ2n) is 8.71. The highest BCUT2D eigenvalue weighted by Crippen LogP contribution is 2.44. The van der Waals surface area contributed by atoms with Crippen molar-refractivity contribution in [1.82, 2.24) is 24.9 Å². The Hall–Kier alpha value is -3.73. The van der Waals surface area contributed by atoms with Gasteiger partial charge in [-0.2, -0.15) is 9.97 Å². The fraction of sp³-hybridized carbons (Fsp3) is 0.364. The second-order valence-corrected chi connectivity index (χ2v) is 8.71. The predicted molar refractivity (Wildman–Crippen MR) is 124 cm³/mol. The van der Waals surface area contributed by atoms with E-state index in [0.717, 1.165) is 47.8 Å². The number of anilines is 3. The minimum Gasteiger partial charge on any atom is -0.421 e. The summed E-state index contributed by atoms with van der Waals surface area (Å²) in [5.74, 6) is 0.917. The van der Waals surface area contributed by atoms with Crippen LogP contribution in [0.15, 0.2) is 24.5 Å². The summed E-state index contributed by atoms with van der Waals surface area (Å²) in [5, 5.41) is 4.55. The number of aromatic amines is 1. The lowest BCUT2D eigenvalue weighted by Gasteiger charge is -2.38. The maximum absolute atomic E-state index is 14.5. The molecule has 5 heterocycles. The number of hydrogen-bond acceptors (Lipinski definition) is 9. The lowest BCUT2D eigenvalue weighted by molar-refractivity contribution is 0.407. The van der Waals surface area contributed by atoms with Crippen LogP contribution in [0.1, 0.15) is 25.7 Å². The molecule has 2 bridgehead atoms. The van der Waals surface area contributed by atoms with Crippen LogP contribution < -0.4 is 26.4 Å². The summed E-state index contributed by atoms with van der Waals surface area (Å²) >= 11 is 0. The van der Waals surface area contributed by atoms with Gasteiger partial charge in [-0.05, 0) is 37.8 Å². The molecule has 6 rings (SSSR count). The Labute approximate surface area is 188 Å². The van der Waals surface area contributed by atoms with E-state index in [1.165, 1.54) is 24.5 Å². The Balaban J connectivity index is 1.57. The molecule has 0 radical (unpaired) electrons. The maximum Gasteiger partial charge on any atom is 0.326 e. The molecule has 0 spiro atoms. The molecule has 4 aromatic rings. The van der Waals surface area contributed by atoms with Gasteiger partial charge in [-0.15, -0.1) is 0 Å². The smallest absolute Gasteiger partial charge is 0.326 e. The van der Waals surface area contributed by atoms with Crippen LogP contribution in [-0.2, 0) is 0 Å². The van der Waals surface area contributed by atoms with Crippen molar-refractivity contribution >= 4 is 39.4 Å². The Morgan fingerprint density at radius 3 is 2.58 bits per heavy atom. The van der Waals surface area contributed by atoms with Crippen LogP contribution in [0.2, 0.25) is 0 Å². The molecular formula is C22H24FN9O. The minimum absolute atomic E-state index is 0.151. The van der Waals surface area contributed by atoms with Crippen molar-refractivity contribution in [1.29, 1.82) is 0 Å². The van der Waals surface area contributed by atoms with Crippen LogP contribution in [0.25, 0.3) is 21.9 Å². The van der Waals surface area contributed by atoms with E-state index in [4.69, 9.17) is 21.2 Å². The number of piperidine rings is 1. The molecule has 6 N–H and O–H groups in total. The molecule has 10 nitrogen and oxygen atoms in total. The van der Waals surface area contributed by atoms with E-state index in [2.05, 4.69) is 30.2 Å². The third-order valence-corrected chi connectivity index (χ3v) is 6.63. The molecule has 0 amide bonds. The van der Waals surface area contributed by atoms with E-state index in [0.29, 0.717) is 17.1 Å². The average molecular weight is 449 g/mol. The number of hydrogen-bond donors (Lipinski definition) is 4. The van der Waals surface area contributed by atoms with Crippen molar-refractivity contribution in [3.63, 3.8) is 0 Å². The monoisotopic (exact) mass is 449 g/mol. The third kappa shape index (κ3) is 3.27. The number of fused-ring (bicyclic) bond motifs is 5. The first-order valence-corrected chi connectivity index (χ1v) is 11.0. The Morgan fingerprint density at radius 2 is 1.88 bits per heavy atom. The van der Waals surface area contributed by atoms with Crippen molar-refractivity contribution in [3.05, 3.63) is 30.3 Å². The molecule has 2 unspecified atom stereocenters. The molecule has 2 saturated heterocycles. The molecule has 2 fully saturated rings. The molecule has 2 aliphatic heterocycles. The highest BCUT2D eigenvalue weighted by Gasteiger charge is 2.41. The Morgan fingerprint density at radius 1 is 1.15 bits per heavy atom. The first-order chi connectivity index (χ1) is 16.0. The van der Waals surface area contributed by atoms with Crippen LogP contribution in [-0.4, -0.2) is 50.1 Å². The zero-order valence-corrected chi connectivity index (χ0v) is 18.0. The molecule has 2 aliphatic rings. The van der Waals surface area contributed by atoms with Crippen molar-refractivity contribution in [3.8, 4) is 11.8 Å². The summed E-state index contributed by atoms with van der Waals surface area (Å²) in [4.78, 5) is 23.0. The Bertz CT molecular complexity index is 1340. The normalized spacial score (nSPS) is 22.3. The van der Waals surface area contributed by atoms with Crippen LogP contribution in [0.3, 0.4) is 0 Å². The van der Waals surface area contributed by atoms with Gasteiger partial charge >= 0.3 is 6.01 Å². The van der Waals surface area contributed by atoms with Gasteiger partial charge in [0.05, 0.1) is 29.0 Å². The van der Waals surface area contributed by atoms with Gasteiger partial charge in [-0.25, -0.2) is 14.4 Å². The minimum atomic E-state index is -0.332. The van der Waals surface area contributed by atoms with Gasteiger partial charge in [0.1, 0.15) is 17.3 Å². The van der Waals surface area contributed by atoms with Gasteiger partial charge in [0.2, 0.25) is 5.95 Å². The SMILES string of the molecule is CNc1cc(F)cc2c1[nH]c1nc(Oc3cnc(N)nc3)nc(N3C4CCC3CC(N)C4)c12. The van der Waals surface area contributed by atoms with Gasteiger partial charge < -0.3 is 31.4 Å². The quantitative estimate of drug-likeness (QED) is 0.369. The fourth-order valence-corrected chi connectivity index (χ4v) is 5.30. The molecular weight excluding hydrogens is 425 g/mol. The number of nitrogens with two attached hydrogens (primary N) is 2. The third-order valence-electron chi connectivity index (χ3n) is 6.63. The van der Waals surface area contributed by atoms with E-state index in [1.807, 2.05) is 0 Å². The lowest BCUT2D eigenvalue weighted by atomic mass is 9.97. The molecule has 1 aromatic carbocycles. The number of halogens is 1. The maximum atomic E-state index is 14.5. The number of nitrogen functional groups attached to an aromatic ring is 1. The van der Waals surface area contributed by atoms with E-state index >= 15 is 0 Å². The summed E-state index contributed by atoms with van der Waals surface area (Å²) < 4.78 is 20.4. The number of H-pyrrole nitrogens is 1. The molecule has 0 saturated carbocycles. The highest BCUT2D eigenvalue weighted by molar-refractivity contribution is 6.14. The van der Waals surface area contributed by atoms with Crippen LogP contribution in [0.5, 0.6) is 11.8 Å². The topological polar surface area (TPSA) is 144 Å². The largest absolute Gasteiger partial charge is 0.421 e. The lowest BCUT2D eigenvalue weighted by Crippen LogP contribution is -2.48. The van der Waals surface area contributed by atoms with Crippen molar-refractivity contribution in [2.75, 3.05) is 23.0 Å². The number of nitrogens with zero attached hydrogens (tertiary/aromatic N) is 5. The van der Waals surface area contributed by atoms with Gasteiger partial charge in [0, 0.05) is 30.6 Å². The molecule has 0 aliphatic carbocycles. The zero-order chi connectivity index (χ0) is 22.7. The summed E-state index contributed by atoms with van der Waals surface area (Å²) in [6.45, 7) is 0. The van der Waals surface area contributed by atoms with Crippen molar-refractivity contribution in [2.45, 2.75) is 43.8 Å². The van der Waals surface area contributed by atoms with Crippen LogP contribution in [0.4, 0.5) is 21.8 Å². The molecule has 170 valence electrons. The van der Waals surface area contributed by atoms with Crippen molar-refractivity contribution in [2.24, 2.45) is 5.73 Å². The predicted octanol–water partition coefficient (Wildman–Crippen LogP) is 2.91. The number of rotatable bonds is 4. The van der Waals surface area contributed by atoms with Gasteiger partial charge in [-0.1, -0.05) is 0 Å². The second kappa shape index (κ2) is 7.41. The highest BCUT2D eigenvalue weighted by atomic mass is 19.1. The van der Waals surface area contributed by atoms with Gasteiger partial charge in [0.25, 0.3) is 0 Å². The van der Waals surface area contributed by atoms with Gasteiger partial charge in [-0.3, -0.25) is 0 Å². The average Bonchev–Trinajstić information content (AvgIpc) is 3.29. The summed E-state index contributed by atoms with van der Waals surface area (Å²) in [6, 6.07) is 3.85. The summed E-state index contributed by atoms with van der Waals surface area (Å²) in [6.07, 6.45) is 6.82. The van der Waals surface area contributed by atoms with Crippen molar-refractivity contribution < 1.29 is 9.13 Å². The molecule has 3 aromatic heterocycles. The first-order valence-electron chi connectivity index (χ1n) is 11.0. The van der Waals surface area contributed by atoms with E-state index in [-0.39, 0.29) is 35.9 Å².